The van der Waals surface area contributed by atoms with E-state index in [1.54, 1.807) is 0 Å². The van der Waals surface area contributed by atoms with E-state index in [1.807, 2.05) is 24.3 Å². The number of benzene rings is 2. The molecule has 1 atom stereocenters. The Labute approximate surface area is 145 Å². The van der Waals surface area contributed by atoms with Crippen LogP contribution in [0.25, 0.3) is 0 Å². The van der Waals surface area contributed by atoms with Crippen molar-refractivity contribution in [1.82, 2.24) is 4.90 Å². The third-order valence-corrected chi connectivity index (χ3v) is 4.18. The Hall–Kier alpha value is -2.31. The van der Waals surface area contributed by atoms with Crippen LogP contribution >= 0.6 is 0 Å². The molecule has 1 aliphatic rings. The first-order valence-electron chi connectivity index (χ1n) is 8.17. The van der Waals surface area contributed by atoms with Crippen LogP contribution in [0.5, 0.6) is 0 Å². The smallest absolute Gasteiger partial charge is 0.221 e. The third-order valence-electron chi connectivity index (χ3n) is 4.18. The average Bonchev–Trinajstić information content (AvgIpc) is 2.56. The van der Waals surface area contributed by atoms with E-state index in [4.69, 9.17) is 4.74 Å². The number of carbonyl (C=O) groups is 1. The minimum Gasteiger partial charge on any atom is -0.371 e. The van der Waals surface area contributed by atoms with Gasteiger partial charge in [-0.1, -0.05) is 24.3 Å². The Morgan fingerprint density at radius 1 is 1.28 bits per heavy atom. The van der Waals surface area contributed by atoms with Gasteiger partial charge in [0.1, 0.15) is 11.6 Å². The number of nitrogens with zero attached hydrogens (tertiary/aromatic N) is 1. The number of carbonyl (C=O) groups excluding carboxylic acids is 1. The highest BCUT2D eigenvalue weighted by atomic mass is 19.1. The second kappa shape index (κ2) is 7.72. The number of nitrogens with one attached hydrogen (secondary N) is 1. The first kappa shape index (κ1) is 17.5. The van der Waals surface area contributed by atoms with Gasteiger partial charge < -0.3 is 10.1 Å². The molecule has 0 bridgehead atoms. The van der Waals surface area contributed by atoms with Crippen LogP contribution in [-0.2, 0) is 16.1 Å². The number of ether oxygens (including phenoxy) is 1. The zero-order chi connectivity index (χ0) is 17.8. The predicted octanol–water partition coefficient (Wildman–Crippen LogP) is 3.50. The third kappa shape index (κ3) is 4.41. The minimum atomic E-state index is -0.599. The molecule has 1 heterocycles. The molecule has 0 aromatic heterocycles. The van der Waals surface area contributed by atoms with E-state index in [9.17, 15) is 13.6 Å². The van der Waals surface area contributed by atoms with Gasteiger partial charge in [0.25, 0.3) is 0 Å². The van der Waals surface area contributed by atoms with Gasteiger partial charge in [0, 0.05) is 43.9 Å². The maximum atomic E-state index is 14.0. The Morgan fingerprint density at radius 3 is 2.84 bits per heavy atom. The first-order chi connectivity index (χ1) is 12.0. The van der Waals surface area contributed by atoms with Crippen molar-refractivity contribution < 1.29 is 18.3 Å². The number of hydrogen-bond acceptors (Lipinski definition) is 3. The summed E-state index contributed by atoms with van der Waals surface area (Å²) < 4.78 is 32.8. The monoisotopic (exact) mass is 346 g/mol. The molecule has 2 aromatic rings. The Morgan fingerprint density at radius 2 is 2.08 bits per heavy atom. The molecule has 1 N–H and O–H groups in total. The first-order valence-corrected chi connectivity index (χ1v) is 8.17. The molecular formula is C19H20F2N2O2. The molecule has 4 nitrogen and oxygen atoms in total. The summed E-state index contributed by atoms with van der Waals surface area (Å²) in [6.07, 6.45) is -0.442. The fourth-order valence-corrected chi connectivity index (χ4v) is 3.01. The molecule has 3 rings (SSSR count). The topological polar surface area (TPSA) is 41.6 Å². The van der Waals surface area contributed by atoms with Crippen molar-refractivity contribution in [3.8, 4) is 0 Å². The van der Waals surface area contributed by atoms with E-state index in [-0.39, 0.29) is 5.91 Å². The molecule has 1 saturated heterocycles. The molecule has 0 saturated carbocycles. The van der Waals surface area contributed by atoms with Gasteiger partial charge in [-0.15, -0.1) is 0 Å². The molecule has 2 aromatic carbocycles. The van der Waals surface area contributed by atoms with Gasteiger partial charge in [0.2, 0.25) is 5.91 Å². The summed E-state index contributed by atoms with van der Waals surface area (Å²) in [5, 5.41) is 2.82. The molecule has 25 heavy (non-hydrogen) atoms. The SMILES string of the molecule is CC(=O)Nc1ccccc1CN1CCOC(c2ccc(F)cc2F)C1. The van der Waals surface area contributed by atoms with Gasteiger partial charge in [-0.25, -0.2) is 8.78 Å². The molecule has 0 aliphatic carbocycles. The van der Waals surface area contributed by atoms with E-state index < -0.39 is 17.7 Å². The summed E-state index contributed by atoms with van der Waals surface area (Å²) in [5.41, 5.74) is 2.12. The highest BCUT2D eigenvalue weighted by Crippen LogP contribution is 2.27. The number of anilines is 1. The van der Waals surface area contributed by atoms with E-state index in [1.165, 1.54) is 19.1 Å². The van der Waals surface area contributed by atoms with E-state index in [2.05, 4.69) is 10.2 Å². The van der Waals surface area contributed by atoms with Gasteiger partial charge in [0.15, 0.2) is 0 Å². The van der Waals surface area contributed by atoms with Crippen LogP contribution in [0.3, 0.4) is 0 Å². The highest BCUT2D eigenvalue weighted by molar-refractivity contribution is 5.89. The minimum absolute atomic E-state index is 0.124. The van der Waals surface area contributed by atoms with Crippen molar-refractivity contribution in [2.75, 3.05) is 25.0 Å². The molecule has 1 aliphatic heterocycles. The molecular weight excluding hydrogens is 326 g/mol. The van der Waals surface area contributed by atoms with Crippen molar-refractivity contribution in [3.63, 3.8) is 0 Å². The molecule has 0 spiro atoms. The van der Waals surface area contributed by atoms with E-state index in [0.29, 0.717) is 31.8 Å². The van der Waals surface area contributed by atoms with Crippen LogP contribution in [0.1, 0.15) is 24.2 Å². The lowest BCUT2D eigenvalue weighted by molar-refractivity contribution is -0.114. The second-order valence-corrected chi connectivity index (χ2v) is 6.10. The lowest BCUT2D eigenvalue weighted by Gasteiger charge is -2.33. The maximum absolute atomic E-state index is 14.0. The molecule has 0 radical (unpaired) electrons. The number of hydrogen-bond donors (Lipinski definition) is 1. The molecule has 132 valence electrons. The summed E-state index contributed by atoms with van der Waals surface area (Å²) >= 11 is 0. The number of morpholine rings is 1. The summed E-state index contributed by atoms with van der Waals surface area (Å²) in [7, 11) is 0. The summed E-state index contributed by atoms with van der Waals surface area (Å²) in [6, 6.07) is 11.1. The summed E-state index contributed by atoms with van der Waals surface area (Å²) in [5.74, 6) is -1.32. The molecule has 1 unspecified atom stereocenters. The Balaban J connectivity index is 1.73. The van der Waals surface area contributed by atoms with Crippen molar-refractivity contribution in [3.05, 3.63) is 65.2 Å². The van der Waals surface area contributed by atoms with Crippen molar-refractivity contribution in [1.29, 1.82) is 0 Å². The van der Waals surface area contributed by atoms with Crippen LogP contribution in [0.2, 0.25) is 0 Å². The molecule has 1 fully saturated rings. The average molecular weight is 346 g/mol. The Bertz CT molecular complexity index is 767. The summed E-state index contributed by atoms with van der Waals surface area (Å²) in [6.45, 7) is 3.74. The lowest BCUT2D eigenvalue weighted by atomic mass is 10.1. The van der Waals surface area contributed by atoms with Gasteiger partial charge >= 0.3 is 0 Å². The summed E-state index contributed by atoms with van der Waals surface area (Å²) in [4.78, 5) is 13.5. The predicted molar refractivity (Wildman–Crippen MR) is 91.1 cm³/mol. The van der Waals surface area contributed by atoms with Crippen molar-refractivity contribution in [2.45, 2.75) is 19.6 Å². The zero-order valence-corrected chi connectivity index (χ0v) is 14.0. The van der Waals surface area contributed by atoms with Crippen molar-refractivity contribution >= 4 is 11.6 Å². The fourth-order valence-electron chi connectivity index (χ4n) is 3.01. The number of para-hydroxylation sites is 1. The van der Waals surface area contributed by atoms with Gasteiger partial charge in [0.05, 0.1) is 12.7 Å². The lowest BCUT2D eigenvalue weighted by Crippen LogP contribution is -2.38. The number of rotatable bonds is 4. The Kier molecular flexibility index (Phi) is 5.40. The van der Waals surface area contributed by atoms with Gasteiger partial charge in [-0.2, -0.15) is 0 Å². The maximum Gasteiger partial charge on any atom is 0.221 e. The van der Waals surface area contributed by atoms with Crippen LogP contribution in [0, 0.1) is 11.6 Å². The fraction of sp³-hybridized carbons (Fsp3) is 0.316. The molecule has 6 heteroatoms. The highest BCUT2D eigenvalue weighted by Gasteiger charge is 2.25. The second-order valence-electron chi connectivity index (χ2n) is 6.10. The van der Waals surface area contributed by atoms with Crippen LogP contribution in [0.15, 0.2) is 42.5 Å². The van der Waals surface area contributed by atoms with Crippen LogP contribution < -0.4 is 5.32 Å². The number of halogens is 2. The normalized spacial score (nSPS) is 18.1. The van der Waals surface area contributed by atoms with Crippen LogP contribution in [-0.4, -0.2) is 30.5 Å². The van der Waals surface area contributed by atoms with Crippen LogP contribution in [0.4, 0.5) is 14.5 Å². The van der Waals surface area contributed by atoms with E-state index >= 15 is 0 Å². The van der Waals surface area contributed by atoms with Gasteiger partial charge in [-0.05, 0) is 17.7 Å². The largest absolute Gasteiger partial charge is 0.371 e. The van der Waals surface area contributed by atoms with Gasteiger partial charge in [-0.3, -0.25) is 9.69 Å². The molecule has 1 amide bonds. The number of amides is 1. The van der Waals surface area contributed by atoms with Crippen molar-refractivity contribution in [2.24, 2.45) is 0 Å². The zero-order valence-electron chi connectivity index (χ0n) is 14.0. The standard InChI is InChI=1S/C19H20F2N2O2/c1-13(24)22-18-5-3-2-4-14(18)11-23-8-9-25-19(12-23)16-7-6-15(20)10-17(16)21/h2-7,10,19H,8-9,11-12H2,1H3,(H,22,24). The van der Waals surface area contributed by atoms with E-state index in [0.717, 1.165) is 17.3 Å². The quantitative estimate of drug-likeness (QED) is 0.921.